The second kappa shape index (κ2) is 8.51. The van der Waals surface area contributed by atoms with Crippen molar-refractivity contribution in [3.63, 3.8) is 0 Å². The van der Waals surface area contributed by atoms with Gasteiger partial charge in [0.25, 0.3) is 0 Å². The molecule has 7 heteroatoms. The lowest BCUT2D eigenvalue weighted by Crippen LogP contribution is -2.28. The molecule has 1 unspecified atom stereocenters. The number of nitrogens with one attached hydrogen (secondary N) is 1. The molecule has 0 spiro atoms. The fourth-order valence-corrected chi connectivity index (χ4v) is 4.66. The molecule has 1 aliphatic heterocycles. The molecule has 2 aromatic carbocycles. The van der Waals surface area contributed by atoms with Crippen molar-refractivity contribution in [1.82, 2.24) is 4.98 Å². The average molecular weight is 436 g/mol. The van der Waals surface area contributed by atoms with Gasteiger partial charge in [-0.2, -0.15) is 0 Å². The first-order chi connectivity index (χ1) is 14.9. The topological polar surface area (TPSA) is 71.5 Å². The van der Waals surface area contributed by atoms with Crippen molar-refractivity contribution in [3.05, 3.63) is 58.5 Å². The standard InChI is InChI=1S/C24H25N3O3S/c1-14-6-5-7-20(15(14)2)27-13-18(12-21(27)28)23(29)26-24-25-22(16(3)31-24)17-8-10-19(30-4)11-9-17/h5-11,18H,12-13H2,1-4H3,(H,25,26,29). The van der Waals surface area contributed by atoms with E-state index in [9.17, 15) is 9.59 Å². The number of thiazole rings is 1. The Balaban J connectivity index is 1.47. The summed E-state index contributed by atoms with van der Waals surface area (Å²) in [6.45, 7) is 6.39. The lowest BCUT2D eigenvalue weighted by Gasteiger charge is -2.20. The molecule has 3 aromatic rings. The van der Waals surface area contributed by atoms with Crippen LogP contribution in [0.4, 0.5) is 10.8 Å². The Morgan fingerprint density at radius 1 is 1.16 bits per heavy atom. The van der Waals surface area contributed by atoms with Crippen LogP contribution in [0.25, 0.3) is 11.3 Å². The van der Waals surface area contributed by atoms with Gasteiger partial charge < -0.3 is 15.0 Å². The number of hydrogen-bond donors (Lipinski definition) is 1. The van der Waals surface area contributed by atoms with Gasteiger partial charge in [0, 0.05) is 29.1 Å². The highest BCUT2D eigenvalue weighted by Crippen LogP contribution is 2.33. The number of carbonyl (C=O) groups excluding carboxylic acids is 2. The van der Waals surface area contributed by atoms with Crippen molar-refractivity contribution in [2.45, 2.75) is 27.2 Å². The van der Waals surface area contributed by atoms with Crippen LogP contribution in [0.2, 0.25) is 0 Å². The van der Waals surface area contributed by atoms with Gasteiger partial charge in [-0.1, -0.05) is 12.1 Å². The Hall–Kier alpha value is -3.19. The number of rotatable bonds is 5. The number of nitrogens with zero attached hydrogens (tertiary/aromatic N) is 2. The molecule has 31 heavy (non-hydrogen) atoms. The van der Waals surface area contributed by atoms with E-state index in [0.717, 1.165) is 38.7 Å². The third-order valence-corrected chi connectivity index (χ3v) is 6.64. The zero-order chi connectivity index (χ0) is 22.1. The fourth-order valence-electron chi connectivity index (χ4n) is 3.82. The van der Waals surface area contributed by atoms with Crippen molar-refractivity contribution in [2.75, 3.05) is 23.9 Å². The Labute approximate surface area is 185 Å². The van der Waals surface area contributed by atoms with Gasteiger partial charge in [0.2, 0.25) is 11.8 Å². The number of benzene rings is 2. The number of ether oxygens (including phenoxy) is 1. The van der Waals surface area contributed by atoms with E-state index in [0.29, 0.717) is 11.7 Å². The van der Waals surface area contributed by atoms with Crippen molar-refractivity contribution in [2.24, 2.45) is 5.92 Å². The van der Waals surface area contributed by atoms with Gasteiger partial charge in [0.1, 0.15) is 5.75 Å². The molecule has 1 aliphatic rings. The second-order valence-corrected chi connectivity index (χ2v) is 8.97. The maximum atomic E-state index is 12.9. The third-order valence-electron chi connectivity index (χ3n) is 5.75. The monoisotopic (exact) mass is 435 g/mol. The van der Waals surface area contributed by atoms with Gasteiger partial charge in [0.05, 0.1) is 18.7 Å². The van der Waals surface area contributed by atoms with Gasteiger partial charge in [-0.15, -0.1) is 11.3 Å². The molecule has 160 valence electrons. The van der Waals surface area contributed by atoms with Crippen molar-refractivity contribution in [3.8, 4) is 17.0 Å². The molecule has 0 aliphatic carbocycles. The van der Waals surface area contributed by atoms with Crippen LogP contribution < -0.4 is 15.0 Å². The molecule has 0 radical (unpaired) electrons. The fraction of sp³-hybridized carbons (Fsp3) is 0.292. The van der Waals surface area contributed by atoms with Gasteiger partial charge >= 0.3 is 0 Å². The highest BCUT2D eigenvalue weighted by molar-refractivity contribution is 7.16. The van der Waals surface area contributed by atoms with E-state index >= 15 is 0 Å². The molecule has 1 saturated heterocycles. The number of hydrogen-bond acceptors (Lipinski definition) is 5. The summed E-state index contributed by atoms with van der Waals surface area (Å²) in [7, 11) is 1.63. The number of aryl methyl sites for hydroxylation is 2. The summed E-state index contributed by atoms with van der Waals surface area (Å²) in [6, 6.07) is 13.6. The maximum Gasteiger partial charge on any atom is 0.231 e. The maximum absolute atomic E-state index is 12.9. The SMILES string of the molecule is COc1ccc(-c2nc(NC(=O)C3CC(=O)N(c4cccc(C)c4C)C3)sc2C)cc1. The molecule has 1 fully saturated rings. The molecular formula is C24H25N3O3S. The summed E-state index contributed by atoms with van der Waals surface area (Å²) in [5.41, 5.74) is 4.88. The molecule has 1 aromatic heterocycles. The third kappa shape index (κ3) is 4.18. The smallest absolute Gasteiger partial charge is 0.231 e. The molecule has 6 nitrogen and oxygen atoms in total. The molecular weight excluding hydrogens is 410 g/mol. The highest BCUT2D eigenvalue weighted by Gasteiger charge is 2.36. The Morgan fingerprint density at radius 2 is 1.90 bits per heavy atom. The summed E-state index contributed by atoms with van der Waals surface area (Å²) in [5.74, 6) is 0.185. The Bertz CT molecular complexity index is 1140. The lowest BCUT2D eigenvalue weighted by atomic mass is 10.1. The Morgan fingerprint density at radius 3 is 2.61 bits per heavy atom. The van der Waals surface area contributed by atoms with Gasteiger partial charge in [-0.25, -0.2) is 4.98 Å². The second-order valence-electron chi connectivity index (χ2n) is 7.77. The number of carbonyl (C=O) groups is 2. The summed E-state index contributed by atoms with van der Waals surface area (Å²) in [6.07, 6.45) is 0.203. The van der Waals surface area contributed by atoms with Crippen molar-refractivity contribution in [1.29, 1.82) is 0 Å². The molecule has 2 heterocycles. The van der Waals surface area contributed by atoms with E-state index in [1.165, 1.54) is 11.3 Å². The van der Waals surface area contributed by atoms with E-state index in [-0.39, 0.29) is 18.2 Å². The van der Waals surface area contributed by atoms with Gasteiger partial charge in [-0.05, 0) is 62.2 Å². The number of aromatic nitrogens is 1. The largest absolute Gasteiger partial charge is 0.497 e. The minimum atomic E-state index is -0.402. The van der Waals surface area contributed by atoms with E-state index < -0.39 is 5.92 Å². The molecule has 4 rings (SSSR count). The van der Waals surface area contributed by atoms with E-state index in [4.69, 9.17) is 4.74 Å². The summed E-state index contributed by atoms with van der Waals surface area (Å²) in [5, 5.41) is 3.47. The first kappa shape index (κ1) is 21.1. The van der Waals surface area contributed by atoms with Crippen LogP contribution in [0.1, 0.15) is 22.4 Å². The van der Waals surface area contributed by atoms with Crippen LogP contribution in [-0.2, 0) is 9.59 Å². The minimum absolute atomic E-state index is 0.0249. The number of anilines is 2. The van der Waals surface area contributed by atoms with Gasteiger partial charge in [0.15, 0.2) is 5.13 Å². The predicted molar refractivity (Wildman–Crippen MR) is 124 cm³/mol. The zero-order valence-electron chi connectivity index (χ0n) is 18.1. The van der Waals surface area contributed by atoms with Crippen LogP contribution in [-0.4, -0.2) is 30.5 Å². The summed E-state index contributed by atoms with van der Waals surface area (Å²) < 4.78 is 5.21. The number of amides is 2. The highest BCUT2D eigenvalue weighted by atomic mass is 32.1. The molecule has 2 amide bonds. The van der Waals surface area contributed by atoms with Crippen molar-refractivity contribution >= 4 is 34.0 Å². The zero-order valence-corrected chi connectivity index (χ0v) is 18.9. The van der Waals surface area contributed by atoms with Gasteiger partial charge in [-0.3, -0.25) is 9.59 Å². The quantitative estimate of drug-likeness (QED) is 0.629. The predicted octanol–water partition coefficient (Wildman–Crippen LogP) is 4.74. The van der Waals surface area contributed by atoms with E-state index in [1.807, 2.05) is 63.2 Å². The first-order valence-electron chi connectivity index (χ1n) is 10.2. The average Bonchev–Trinajstić information content (AvgIpc) is 3.32. The summed E-state index contributed by atoms with van der Waals surface area (Å²) >= 11 is 1.44. The molecule has 0 bridgehead atoms. The Kier molecular flexibility index (Phi) is 5.78. The molecule has 1 N–H and O–H groups in total. The van der Waals surface area contributed by atoms with E-state index in [1.54, 1.807) is 12.0 Å². The van der Waals surface area contributed by atoms with Crippen LogP contribution in [0.15, 0.2) is 42.5 Å². The normalized spacial score (nSPS) is 15.9. The first-order valence-corrected chi connectivity index (χ1v) is 11.0. The van der Waals surface area contributed by atoms with Crippen LogP contribution in [0.3, 0.4) is 0 Å². The molecule has 1 atom stereocenters. The van der Waals surface area contributed by atoms with E-state index in [2.05, 4.69) is 10.3 Å². The van der Waals surface area contributed by atoms with Crippen LogP contribution in [0.5, 0.6) is 5.75 Å². The van der Waals surface area contributed by atoms with Crippen molar-refractivity contribution < 1.29 is 14.3 Å². The van der Waals surface area contributed by atoms with Crippen LogP contribution in [0, 0.1) is 26.7 Å². The number of methoxy groups -OCH3 is 1. The van der Waals surface area contributed by atoms with Crippen LogP contribution >= 0.6 is 11.3 Å². The molecule has 0 saturated carbocycles. The summed E-state index contributed by atoms with van der Waals surface area (Å²) in [4.78, 5) is 32.9. The minimum Gasteiger partial charge on any atom is -0.497 e. The lowest BCUT2D eigenvalue weighted by molar-refractivity contribution is -0.122.